The number of nitrogens with zero attached hydrogens (tertiary/aromatic N) is 2. The molecule has 6 nitrogen and oxygen atoms in total. The Morgan fingerprint density at radius 1 is 1.33 bits per heavy atom. The highest BCUT2D eigenvalue weighted by Gasteiger charge is 2.34. The van der Waals surface area contributed by atoms with Gasteiger partial charge < -0.3 is 15.2 Å². The van der Waals surface area contributed by atoms with E-state index in [9.17, 15) is 9.59 Å². The third kappa shape index (κ3) is 3.13. The van der Waals surface area contributed by atoms with Crippen LogP contribution in [0.5, 0.6) is 0 Å². The number of nitrogens with one attached hydrogen (secondary N) is 2. The number of likely N-dealkylation sites (tertiary alicyclic amines) is 1. The van der Waals surface area contributed by atoms with Crippen LogP contribution in [0, 0.1) is 5.92 Å². The van der Waals surface area contributed by atoms with Crippen LogP contribution in [0.4, 0.5) is 0 Å². The summed E-state index contributed by atoms with van der Waals surface area (Å²) in [6.45, 7) is 7.26. The minimum absolute atomic E-state index is 0.0164. The van der Waals surface area contributed by atoms with Crippen LogP contribution in [-0.2, 0) is 4.79 Å². The molecular weight excluding hydrogens is 304 g/mol. The Morgan fingerprint density at radius 3 is 2.71 bits per heavy atom. The molecule has 2 aromatic rings. The number of fused-ring (bicyclic) bond motifs is 1. The summed E-state index contributed by atoms with van der Waals surface area (Å²) in [5, 5.41) is 3.98. The van der Waals surface area contributed by atoms with E-state index < -0.39 is 0 Å². The molecule has 24 heavy (non-hydrogen) atoms. The first-order chi connectivity index (χ1) is 11.4. The molecule has 2 amide bonds. The van der Waals surface area contributed by atoms with Crippen molar-refractivity contribution >= 4 is 22.8 Å². The third-order valence-electron chi connectivity index (χ3n) is 4.78. The third-order valence-corrected chi connectivity index (χ3v) is 4.78. The number of carbonyl (C=O) groups excluding carboxylic acids is 2. The van der Waals surface area contributed by atoms with Gasteiger partial charge in [0.2, 0.25) is 5.91 Å². The van der Waals surface area contributed by atoms with Gasteiger partial charge in [-0.3, -0.25) is 9.59 Å². The lowest BCUT2D eigenvalue weighted by Gasteiger charge is -2.40. The molecule has 1 aliphatic rings. The number of carbonyl (C=O) groups is 2. The average molecular weight is 328 g/mol. The van der Waals surface area contributed by atoms with Gasteiger partial charge in [0.05, 0.1) is 5.56 Å². The summed E-state index contributed by atoms with van der Waals surface area (Å²) in [6.07, 6.45) is 4.92. The number of piperidine rings is 1. The van der Waals surface area contributed by atoms with Gasteiger partial charge in [-0.1, -0.05) is 13.8 Å². The Morgan fingerprint density at radius 2 is 2.04 bits per heavy atom. The van der Waals surface area contributed by atoms with E-state index in [1.54, 1.807) is 12.4 Å². The second-order valence-corrected chi connectivity index (χ2v) is 7.10. The molecule has 0 aliphatic carbocycles. The average Bonchev–Trinajstić information content (AvgIpc) is 2.98. The predicted octanol–water partition coefficient (Wildman–Crippen LogP) is 2.33. The molecular formula is C18H24N4O2. The maximum atomic E-state index is 12.7. The minimum Gasteiger partial charge on any atom is -0.347 e. The molecule has 2 aromatic heterocycles. The van der Waals surface area contributed by atoms with Crippen molar-refractivity contribution in [1.82, 2.24) is 20.2 Å². The predicted molar refractivity (Wildman–Crippen MR) is 92.6 cm³/mol. The first-order valence-corrected chi connectivity index (χ1v) is 8.43. The van der Waals surface area contributed by atoms with Gasteiger partial charge in [-0.25, -0.2) is 4.98 Å². The fourth-order valence-electron chi connectivity index (χ4n) is 3.20. The smallest absolute Gasteiger partial charge is 0.253 e. The van der Waals surface area contributed by atoms with Gasteiger partial charge in [-0.05, 0) is 31.9 Å². The molecule has 1 fully saturated rings. The van der Waals surface area contributed by atoms with Gasteiger partial charge in [-0.15, -0.1) is 0 Å². The second-order valence-electron chi connectivity index (χ2n) is 7.10. The molecule has 2 N–H and O–H groups in total. The maximum absolute atomic E-state index is 12.7. The summed E-state index contributed by atoms with van der Waals surface area (Å²) in [7, 11) is 0. The fraction of sp³-hybridized carbons (Fsp3) is 0.500. The van der Waals surface area contributed by atoms with Crippen LogP contribution in [0.15, 0.2) is 24.5 Å². The SMILES string of the molecule is CC(C)C(=O)N1CCC(C)(NC(=O)c2c[nH]c3ncccc23)CC1. The van der Waals surface area contributed by atoms with Gasteiger partial charge in [0, 0.05) is 42.3 Å². The van der Waals surface area contributed by atoms with Crippen LogP contribution in [0.3, 0.4) is 0 Å². The maximum Gasteiger partial charge on any atom is 0.253 e. The van der Waals surface area contributed by atoms with E-state index in [4.69, 9.17) is 0 Å². The van der Waals surface area contributed by atoms with Crippen LogP contribution in [0.1, 0.15) is 44.0 Å². The zero-order chi connectivity index (χ0) is 17.3. The van der Waals surface area contributed by atoms with Crippen molar-refractivity contribution in [2.24, 2.45) is 5.92 Å². The van der Waals surface area contributed by atoms with E-state index in [0.717, 1.165) is 18.2 Å². The topological polar surface area (TPSA) is 78.1 Å². The normalized spacial score (nSPS) is 17.2. The van der Waals surface area contributed by atoms with Gasteiger partial charge in [0.15, 0.2) is 0 Å². The number of amides is 2. The number of hydrogen-bond acceptors (Lipinski definition) is 3. The largest absolute Gasteiger partial charge is 0.347 e. The van der Waals surface area contributed by atoms with E-state index in [1.807, 2.05) is 30.9 Å². The van der Waals surface area contributed by atoms with Crippen molar-refractivity contribution < 1.29 is 9.59 Å². The number of H-pyrrole nitrogens is 1. The Bertz CT molecular complexity index is 757. The highest BCUT2D eigenvalue weighted by atomic mass is 16.2. The summed E-state index contributed by atoms with van der Waals surface area (Å²) in [5.41, 5.74) is 1.03. The number of pyridine rings is 1. The Labute approximate surface area is 141 Å². The first kappa shape index (κ1) is 16.5. The monoisotopic (exact) mass is 328 g/mol. The van der Waals surface area contributed by atoms with E-state index in [0.29, 0.717) is 24.3 Å². The molecule has 6 heteroatoms. The van der Waals surface area contributed by atoms with Crippen LogP contribution in [0.2, 0.25) is 0 Å². The van der Waals surface area contributed by atoms with Crippen molar-refractivity contribution in [3.05, 3.63) is 30.1 Å². The van der Waals surface area contributed by atoms with Gasteiger partial charge in [0.25, 0.3) is 5.91 Å². The van der Waals surface area contributed by atoms with Crippen molar-refractivity contribution in [3.63, 3.8) is 0 Å². The number of aromatic nitrogens is 2. The molecule has 3 heterocycles. The lowest BCUT2D eigenvalue weighted by molar-refractivity contribution is -0.136. The second kappa shape index (κ2) is 6.26. The van der Waals surface area contributed by atoms with E-state index >= 15 is 0 Å². The minimum atomic E-state index is -0.295. The van der Waals surface area contributed by atoms with Crippen molar-refractivity contribution in [2.45, 2.75) is 39.2 Å². The lowest BCUT2D eigenvalue weighted by Crippen LogP contribution is -2.54. The van der Waals surface area contributed by atoms with E-state index in [-0.39, 0.29) is 23.3 Å². The molecule has 1 aliphatic heterocycles. The Hall–Kier alpha value is -2.37. The standard InChI is InChI=1S/C18H24N4O2/c1-12(2)17(24)22-9-6-18(3,7-10-22)21-16(23)14-11-20-15-13(14)5-4-8-19-15/h4-5,8,11-12H,6-7,9-10H2,1-3H3,(H,19,20)(H,21,23). The van der Waals surface area contributed by atoms with Crippen molar-refractivity contribution in [1.29, 1.82) is 0 Å². The summed E-state index contributed by atoms with van der Waals surface area (Å²) in [6, 6.07) is 3.71. The first-order valence-electron chi connectivity index (χ1n) is 8.43. The quantitative estimate of drug-likeness (QED) is 0.908. The molecule has 0 bridgehead atoms. The molecule has 1 saturated heterocycles. The highest BCUT2D eigenvalue weighted by Crippen LogP contribution is 2.24. The summed E-state index contributed by atoms with van der Waals surface area (Å²) < 4.78 is 0. The molecule has 0 aromatic carbocycles. The fourth-order valence-corrected chi connectivity index (χ4v) is 3.20. The van der Waals surface area contributed by atoms with Gasteiger partial charge in [0.1, 0.15) is 5.65 Å². The lowest BCUT2D eigenvalue weighted by atomic mass is 9.88. The van der Waals surface area contributed by atoms with Crippen LogP contribution in [0.25, 0.3) is 11.0 Å². The highest BCUT2D eigenvalue weighted by molar-refractivity contribution is 6.06. The van der Waals surface area contributed by atoms with E-state index in [1.165, 1.54) is 0 Å². The molecule has 0 saturated carbocycles. The van der Waals surface area contributed by atoms with Crippen molar-refractivity contribution in [2.75, 3.05) is 13.1 Å². The molecule has 128 valence electrons. The van der Waals surface area contributed by atoms with Crippen LogP contribution in [-0.4, -0.2) is 45.3 Å². The summed E-state index contributed by atoms with van der Waals surface area (Å²) in [5.74, 6) is 0.106. The number of aromatic amines is 1. The molecule has 0 radical (unpaired) electrons. The number of hydrogen-bond donors (Lipinski definition) is 2. The summed E-state index contributed by atoms with van der Waals surface area (Å²) in [4.78, 5) is 33.9. The number of rotatable bonds is 3. The van der Waals surface area contributed by atoms with Gasteiger partial charge >= 0.3 is 0 Å². The van der Waals surface area contributed by atoms with E-state index in [2.05, 4.69) is 22.2 Å². The molecule has 3 rings (SSSR count). The molecule has 0 atom stereocenters. The van der Waals surface area contributed by atoms with Crippen LogP contribution < -0.4 is 5.32 Å². The zero-order valence-corrected chi connectivity index (χ0v) is 14.4. The zero-order valence-electron chi connectivity index (χ0n) is 14.4. The molecule has 0 unspecified atom stereocenters. The summed E-state index contributed by atoms with van der Waals surface area (Å²) >= 11 is 0. The Kier molecular flexibility index (Phi) is 4.30. The Balaban J connectivity index is 1.68. The molecule has 0 spiro atoms. The van der Waals surface area contributed by atoms with Crippen LogP contribution >= 0.6 is 0 Å². The van der Waals surface area contributed by atoms with Crippen molar-refractivity contribution in [3.8, 4) is 0 Å². The van der Waals surface area contributed by atoms with Gasteiger partial charge in [-0.2, -0.15) is 0 Å².